The first-order valence-corrected chi connectivity index (χ1v) is 16.2. The van der Waals surface area contributed by atoms with Gasteiger partial charge in [0.2, 0.25) is 5.91 Å². The van der Waals surface area contributed by atoms with Crippen LogP contribution >= 0.6 is 11.3 Å². The number of fused-ring (bicyclic) bond motifs is 1. The Morgan fingerprint density at radius 3 is 2.55 bits per heavy atom. The molecule has 1 fully saturated rings. The van der Waals surface area contributed by atoms with Crippen LogP contribution in [0.2, 0.25) is 0 Å². The Kier molecular flexibility index (Phi) is 9.53. The lowest BCUT2D eigenvalue weighted by atomic mass is 10.2. The first-order valence-electron chi connectivity index (χ1n) is 13.5. The number of thiazole rings is 1. The number of rotatable bonds is 10. The van der Waals surface area contributed by atoms with Crippen LogP contribution in [0, 0.1) is 0 Å². The second-order valence-corrected chi connectivity index (χ2v) is 13.7. The highest BCUT2D eigenvalue weighted by molar-refractivity contribution is 7.85. The molecule has 42 heavy (non-hydrogen) atoms. The van der Waals surface area contributed by atoms with E-state index in [4.69, 9.17) is 8.92 Å². The number of alkyl carbamates (subject to hydrolysis) is 1. The molecule has 228 valence electrons. The number of hydrogen-bond donors (Lipinski definition) is 2. The molecule has 1 aliphatic heterocycles. The minimum Gasteiger partial charge on any atom is -0.444 e. The largest absolute Gasteiger partial charge is 0.444 e. The molecule has 3 aromatic rings. The van der Waals surface area contributed by atoms with E-state index in [-0.39, 0.29) is 23.8 Å². The van der Waals surface area contributed by atoms with Gasteiger partial charge in [0, 0.05) is 19.6 Å². The van der Waals surface area contributed by atoms with Gasteiger partial charge in [0.1, 0.15) is 24.1 Å². The van der Waals surface area contributed by atoms with Crippen LogP contribution in [0.15, 0.2) is 35.1 Å². The summed E-state index contributed by atoms with van der Waals surface area (Å²) in [5, 5.41) is 6.08. The summed E-state index contributed by atoms with van der Waals surface area (Å²) in [4.78, 5) is 50.3. The van der Waals surface area contributed by atoms with Crippen LogP contribution in [0.25, 0.3) is 10.3 Å². The number of carbonyl (C=O) groups excluding carboxylic acids is 2. The summed E-state index contributed by atoms with van der Waals surface area (Å²) in [6.07, 6.45) is 1.65. The number of nitrogens with zero attached hydrogens (tertiary/aromatic N) is 4. The second-order valence-electron chi connectivity index (χ2n) is 11.1. The van der Waals surface area contributed by atoms with Gasteiger partial charge in [-0.25, -0.2) is 14.8 Å². The molecular formula is C27H36N6O7S2. The molecule has 2 N–H and O–H groups in total. The number of anilines is 1. The number of benzene rings is 1. The smallest absolute Gasteiger partial charge is 0.407 e. The van der Waals surface area contributed by atoms with Gasteiger partial charge in [-0.2, -0.15) is 8.42 Å². The van der Waals surface area contributed by atoms with E-state index in [0.29, 0.717) is 29.5 Å². The molecule has 0 aliphatic carbocycles. The van der Waals surface area contributed by atoms with Crippen molar-refractivity contribution in [2.75, 3.05) is 24.2 Å². The van der Waals surface area contributed by atoms with Crippen molar-refractivity contribution in [3.05, 3.63) is 52.1 Å². The summed E-state index contributed by atoms with van der Waals surface area (Å²) in [6.45, 7) is 7.37. The Balaban J connectivity index is 1.61. The highest BCUT2D eigenvalue weighted by atomic mass is 32.2. The van der Waals surface area contributed by atoms with Gasteiger partial charge < -0.3 is 20.3 Å². The summed E-state index contributed by atoms with van der Waals surface area (Å²) in [7, 11) is -3.84. The highest BCUT2D eigenvalue weighted by Gasteiger charge is 2.33. The Bertz CT molecular complexity index is 1600. The lowest BCUT2D eigenvalue weighted by molar-refractivity contribution is -0.122. The number of nitrogens with one attached hydrogen (secondary N) is 2. The van der Waals surface area contributed by atoms with Crippen LogP contribution < -0.4 is 21.1 Å². The lowest BCUT2D eigenvalue weighted by Crippen LogP contribution is -2.43. The molecule has 4 rings (SSSR count). The Morgan fingerprint density at radius 2 is 1.88 bits per heavy atom. The molecule has 2 amide bonds. The van der Waals surface area contributed by atoms with E-state index >= 15 is 0 Å². The second kappa shape index (κ2) is 12.8. The van der Waals surface area contributed by atoms with Crippen molar-refractivity contribution in [1.29, 1.82) is 0 Å². The third kappa shape index (κ3) is 8.04. The number of ether oxygens (including phenoxy) is 1. The fraction of sp³-hybridized carbons (Fsp3) is 0.519. The summed E-state index contributed by atoms with van der Waals surface area (Å²) < 4.78 is 35.0. The standard InChI is InChI=1S/C27H36N6O7S2/c1-17(14-29-26(36)40-27(2,3)4)33-20(16-39-42(5,37)38)30-23-21(24(33)35)31-25(41-23)32-13-9-12-19(32)22(34)28-15-18-10-7-6-8-11-18/h6-8,10-11,17,19H,9,12-16H2,1-5H3,(H,28,34)(H,29,36)/t17-,19+/m0/s1. The molecule has 1 saturated heterocycles. The van der Waals surface area contributed by atoms with Crippen molar-refractivity contribution in [3.8, 4) is 0 Å². The van der Waals surface area contributed by atoms with Crippen molar-refractivity contribution in [1.82, 2.24) is 25.2 Å². The molecule has 15 heteroatoms. The number of hydrogen-bond acceptors (Lipinski definition) is 11. The van der Waals surface area contributed by atoms with Crippen molar-refractivity contribution in [2.24, 2.45) is 0 Å². The Labute approximate surface area is 248 Å². The molecule has 0 radical (unpaired) electrons. The molecule has 13 nitrogen and oxygen atoms in total. The van der Waals surface area contributed by atoms with Crippen molar-refractivity contribution >= 4 is 48.9 Å². The molecular weight excluding hydrogens is 584 g/mol. The van der Waals surface area contributed by atoms with Gasteiger partial charge >= 0.3 is 6.09 Å². The molecule has 0 unspecified atom stereocenters. The average molecular weight is 621 g/mol. The lowest BCUT2D eigenvalue weighted by Gasteiger charge is -2.23. The SMILES string of the molecule is C[C@@H](CNC(=O)OC(C)(C)C)n1c(COS(C)(=O)=O)nc2sc(N3CCC[C@@H]3C(=O)NCc3ccccc3)nc2c1=O. The highest BCUT2D eigenvalue weighted by Crippen LogP contribution is 2.32. The van der Waals surface area contributed by atoms with Crippen LogP contribution in [-0.2, 0) is 37.0 Å². The third-order valence-electron chi connectivity index (χ3n) is 6.42. The number of aromatic nitrogens is 3. The maximum absolute atomic E-state index is 13.7. The zero-order valence-corrected chi connectivity index (χ0v) is 25.9. The van der Waals surface area contributed by atoms with Gasteiger partial charge in [0.25, 0.3) is 15.7 Å². The normalized spacial score (nSPS) is 16.4. The predicted octanol–water partition coefficient (Wildman–Crippen LogP) is 2.70. The van der Waals surface area contributed by atoms with E-state index in [1.165, 1.54) is 4.57 Å². The minimum atomic E-state index is -3.84. The topological polar surface area (TPSA) is 162 Å². The molecule has 2 aromatic heterocycles. The zero-order chi connectivity index (χ0) is 30.7. The number of amides is 2. The summed E-state index contributed by atoms with van der Waals surface area (Å²) in [5.74, 6) is -0.0738. The Morgan fingerprint density at radius 1 is 1.17 bits per heavy atom. The molecule has 0 saturated carbocycles. The monoisotopic (exact) mass is 620 g/mol. The van der Waals surface area contributed by atoms with E-state index in [1.54, 1.807) is 27.7 Å². The summed E-state index contributed by atoms with van der Waals surface area (Å²) >= 11 is 1.15. The molecule has 1 aliphatic rings. The van der Waals surface area contributed by atoms with Gasteiger partial charge in [-0.15, -0.1) is 0 Å². The fourth-order valence-electron chi connectivity index (χ4n) is 4.57. The van der Waals surface area contributed by atoms with Gasteiger partial charge in [-0.1, -0.05) is 41.7 Å². The van der Waals surface area contributed by atoms with Gasteiger partial charge in [-0.3, -0.25) is 18.3 Å². The van der Waals surface area contributed by atoms with Gasteiger partial charge in [0.05, 0.1) is 12.3 Å². The molecule has 0 spiro atoms. The van der Waals surface area contributed by atoms with E-state index in [0.717, 1.165) is 29.6 Å². The van der Waals surface area contributed by atoms with Crippen LogP contribution in [0.3, 0.4) is 0 Å². The van der Waals surface area contributed by atoms with Gasteiger partial charge in [0.15, 0.2) is 15.5 Å². The van der Waals surface area contributed by atoms with Crippen LogP contribution in [-0.4, -0.2) is 65.9 Å². The van der Waals surface area contributed by atoms with Crippen molar-refractivity contribution < 1.29 is 26.9 Å². The van der Waals surface area contributed by atoms with E-state index < -0.39 is 46.1 Å². The minimum absolute atomic E-state index is 0.000655. The first-order chi connectivity index (χ1) is 19.7. The quantitative estimate of drug-likeness (QED) is 0.322. The van der Waals surface area contributed by atoms with Gasteiger partial charge in [-0.05, 0) is 46.1 Å². The number of carbonyl (C=O) groups is 2. The summed E-state index contributed by atoms with van der Waals surface area (Å²) in [5.41, 5.74) is -0.156. The van der Waals surface area contributed by atoms with Crippen LogP contribution in [0.5, 0.6) is 0 Å². The van der Waals surface area contributed by atoms with Crippen molar-refractivity contribution in [2.45, 2.75) is 71.4 Å². The predicted molar refractivity (Wildman–Crippen MR) is 159 cm³/mol. The molecule has 0 bridgehead atoms. The van der Waals surface area contributed by atoms with Crippen LogP contribution in [0.1, 0.15) is 58.0 Å². The first kappa shape index (κ1) is 31.4. The maximum Gasteiger partial charge on any atom is 0.407 e. The third-order valence-corrected chi connectivity index (χ3v) is 7.95. The molecule has 2 atom stereocenters. The zero-order valence-electron chi connectivity index (χ0n) is 24.2. The molecule has 1 aromatic carbocycles. The van der Waals surface area contributed by atoms with E-state index in [9.17, 15) is 22.8 Å². The molecule has 3 heterocycles. The Hall–Kier alpha value is -3.56. The van der Waals surface area contributed by atoms with E-state index in [2.05, 4.69) is 20.6 Å². The van der Waals surface area contributed by atoms with Crippen LogP contribution in [0.4, 0.5) is 9.93 Å². The van der Waals surface area contributed by atoms with Crippen molar-refractivity contribution in [3.63, 3.8) is 0 Å². The maximum atomic E-state index is 13.7. The fourth-order valence-corrected chi connectivity index (χ4v) is 5.91. The van der Waals surface area contributed by atoms with E-state index in [1.807, 2.05) is 35.2 Å². The summed E-state index contributed by atoms with van der Waals surface area (Å²) in [6, 6.07) is 8.51. The average Bonchev–Trinajstić information content (AvgIpc) is 3.56.